The molecule has 0 bridgehead atoms. The molecule has 0 fully saturated rings. The van der Waals surface area contributed by atoms with Crippen LogP contribution < -0.4 is 10.8 Å². The van der Waals surface area contributed by atoms with Crippen molar-refractivity contribution in [2.45, 2.75) is 20.8 Å². The van der Waals surface area contributed by atoms with Crippen molar-refractivity contribution >= 4 is 28.7 Å². The van der Waals surface area contributed by atoms with Crippen molar-refractivity contribution in [2.75, 3.05) is 12.4 Å². The highest BCUT2D eigenvalue weighted by molar-refractivity contribution is 5.94. The second kappa shape index (κ2) is 10.3. The summed E-state index contributed by atoms with van der Waals surface area (Å²) in [6, 6.07) is 6.05. The predicted molar refractivity (Wildman–Crippen MR) is 103 cm³/mol. The number of halogens is 2. The zero-order chi connectivity index (χ0) is 20.6. The molecule has 146 valence electrons. The fraction of sp³-hybridized carbons (Fsp3) is 0.263. The summed E-state index contributed by atoms with van der Waals surface area (Å²) in [5, 5.41) is 9.98. The lowest BCUT2D eigenvalue weighted by Gasteiger charge is -2.12. The van der Waals surface area contributed by atoms with Crippen LogP contribution in [0.2, 0.25) is 0 Å². The van der Waals surface area contributed by atoms with Crippen molar-refractivity contribution in [3.05, 3.63) is 53.4 Å². The van der Waals surface area contributed by atoms with E-state index in [2.05, 4.69) is 10.3 Å². The van der Waals surface area contributed by atoms with Crippen LogP contribution in [0.3, 0.4) is 0 Å². The number of aldehydes is 1. The maximum Gasteiger partial charge on any atom is 0.175 e. The quantitative estimate of drug-likeness (QED) is 0.467. The monoisotopic (exact) mass is 378 g/mol. The number of hydrogen-bond acceptors (Lipinski definition) is 5. The Morgan fingerprint density at radius 3 is 2.41 bits per heavy atom. The molecule has 3 N–H and O–H groups in total. The highest BCUT2D eigenvalue weighted by atomic mass is 19.1. The van der Waals surface area contributed by atoms with Gasteiger partial charge in [-0.05, 0) is 30.7 Å². The normalized spacial score (nSPS) is 9.78. The van der Waals surface area contributed by atoms with E-state index in [0.29, 0.717) is 11.8 Å². The first-order chi connectivity index (χ1) is 12.9. The number of anilines is 2. The molecule has 8 heteroatoms. The lowest BCUT2D eigenvalue weighted by atomic mass is 10.1. The van der Waals surface area contributed by atoms with Crippen LogP contribution in [-0.4, -0.2) is 28.1 Å². The van der Waals surface area contributed by atoms with Crippen molar-refractivity contribution in [3.8, 4) is 0 Å². The number of fused-ring (bicyclic) bond motifs is 1. The van der Waals surface area contributed by atoms with E-state index < -0.39 is 11.6 Å². The number of imidazole rings is 1. The summed E-state index contributed by atoms with van der Waals surface area (Å²) < 4.78 is 30.1. The minimum atomic E-state index is -0.680. The Kier molecular flexibility index (Phi) is 8.50. The van der Waals surface area contributed by atoms with Crippen LogP contribution >= 0.6 is 0 Å². The molecule has 0 aliphatic heterocycles. The Balaban J connectivity index is 0.000000665. The smallest absolute Gasteiger partial charge is 0.175 e. The standard InChI is InChI=1S/C16H13F2N3O.C2H6.CH5NO/c1-9-3-4-12(11(17)5-9)20-15-10(7-22)6-13-16(14(15)18)19-8-21(13)2;1-2;1-2-3/h3-8,20H,1-2H3;1-2H3;2-3H,1H3. The molecule has 0 aliphatic carbocycles. The number of rotatable bonds is 3. The van der Waals surface area contributed by atoms with Crippen LogP contribution in [-0.2, 0) is 7.05 Å². The molecule has 0 unspecified atom stereocenters. The SMILES string of the molecule is CC.CNO.Cc1ccc(Nc2c(C=O)cc3c(ncn3C)c2F)c(F)c1. The third-order valence-corrected chi connectivity index (χ3v) is 3.50. The number of carbonyl (C=O) groups excluding carboxylic acids is 1. The van der Waals surface area contributed by atoms with E-state index in [0.717, 1.165) is 5.56 Å². The Bertz CT molecular complexity index is 910. The first-order valence-electron chi connectivity index (χ1n) is 8.35. The zero-order valence-corrected chi connectivity index (χ0v) is 16.0. The summed E-state index contributed by atoms with van der Waals surface area (Å²) in [7, 11) is 3.14. The fourth-order valence-electron chi connectivity index (χ4n) is 2.32. The minimum absolute atomic E-state index is 0.0797. The molecule has 27 heavy (non-hydrogen) atoms. The highest BCUT2D eigenvalue weighted by Crippen LogP contribution is 2.30. The van der Waals surface area contributed by atoms with E-state index >= 15 is 0 Å². The number of hydroxylamine groups is 1. The van der Waals surface area contributed by atoms with Gasteiger partial charge >= 0.3 is 0 Å². The molecular weight excluding hydrogens is 354 g/mol. The summed E-state index contributed by atoms with van der Waals surface area (Å²) in [6.07, 6.45) is 1.99. The second-order valence-electron chi connectivity index (χ2n) is 5.33. The van der Waals surface area contributed by atoms with Gasteiger partial charge in [0.05, 0.1) is 23.2 Å². The molecule has 1 aromatic heterocycles. The molecule has 6 nitrogen and oxygen atoms in total. The molecule has 0 saturated heterocycles. The molecule has 2 aromatic carbocycles. The van der Waals surface area contributed by atoms with Gasteiger partial charge in [0.2, 0.25) is 0 Å². The largest absolute Gasteiger partial charge is 0.350 e. The molecular formula is C19H24F2N4O2. The van der Waals surface area contributed by atoms with Gasteiger partial charge < -0.3 is 15.1 Å². The molecule has 1 heterocycles. The number of benzene rings is 2. The van der Waals surface area contributed by atoms with Crippen molar-refractivity contribution in [2.24, 2.45) is 7.05 Å². The Morgan fingerprint density at radius 2 is 1.85 bits per heavy atom. The lowest BCUT2D eigenvalue weighted by molar-refractivity contribution is 0.112. The molecule has 0 spiro atoms. The van der Waals surface area contributed by atoms with Crippen LogP contribution in [0.5, 0.6) is 0 Å². The van der Waals surface area contributed by atoms with Gasteiger partial charge in [0, 0.05) is 19.7 Å². The van der Waals surface area contributed by atoms with E-state index in [-0.39, 0.29) is 22.5 Å². The highest BCUT2D eigenvalue weighted by Gasteiger charge is 2.17. The Hall–Kier alpha value is -2.84. The molecule has 0 saturated carbocycles. The van der Waals surface area contributed by atoms with Gasteiger partial charge in [-0.15, -0.1) is 0 Å². The molecule has 0 amide bonds. The number of nitrogens with one attached hydrogen (secondary N) is 2. The first-order valence-corrected chi connectivity index (χ1v) is 8.35. The van der Waals surface area contributed by atoms with Gasteiger partial charge in [0.25, 0.3) is 0 Å². The first kappa shape index (κ1) is 22.2. The van der Waals surface area contributed by atoms with Crippen LogP contribution in [0.1, 0.15) is 29.8 Å². The van der Waals surface area contributed by atoms with Gasteiger partial charge in [-0.3, -0.25) is 4.79 Å². The number of carbonyl (C=O) groups is 1. The third-order valence-electron chi connectivity index (χ3n) is 3.50. The van der Waals surface area contributed by atoms with Crippen LogP contribution in [0.15, 0.2) is 30.6 Å². The molecule has 0 radical (unpaired) electrons. The predicted octanol–water partition coefficient (Wildman–Crippen LogP) is 4.34. The average Bonchev–Trinajstić information content (AvgIpc) is 3.02. The van der Waals surface area contributed by atoms with Crippen molar-refractivity contribution < 1.29 is 18.8 Å². The number of nitrogens with zero attached hydrogens (tertiary/aromatic N) is 2. The van der Waals surface area contributed by atoms with E-state index in [4.69, 9.17) is 5.21 Å². The van der Waals surface area contributed by atoms with Crippen LogP contribution in [0.25, 0.3) is 11.0 Å². The van der Waals surface area contributed by atoms with E-state index in [1.807, 2.05) is 13.8 Å². The van der Waals surface area contributed by atoms with Gasteiger partial charge in [0.15, 0.2) is 12.1 Å². The fourth-order valence-corrected chi connectivity index (χ4v) is 2.32. The third kappa shape index (κ3) is 5.08. The van der Waals surface area contributed by atoms with Gasteiger partial charge in [-0.2, -0.15) is 0 Å². The maximum absolute atomic E-state index is 14.6. The average molecular weight is 378 g/mol. The van der Waals surface area contributed by atoms with Crippen molar-refractivity contribution in [1.29, 1.82) is 0 Å². The van der Waals surface area contributed by atoms with Crippen LogP contribution in [0.4, 0.5) is 20.2 Å². The van der Waals surface area contributed by atoms with Crippen molar-refractivity contribution in [3.63, 3.8) is 0 Å². The van der Waals surface area contributed by atoms with Gasteiger partial charge in [-0.25, -0.2) is 19.2 Å². The number of aromatic nitrogens is 2. The minimum Gasteiger partial charge on any atom is -0.350 e. The topological polar surface area (TPSA) is 79.2 Å². The van der Waals surface area contributed by atoms with E-state index in [1.54, 1.807) is 30.1 Å². The number of hydrogen-bond donors (Lipinski definition) is 3. The summed E-state index contributed by atoms with van der Waals surface area (Å²) in [6.45, 7) is 5.75. The number of aryl methyl sites for hydroxylation is 2. The summed E-state index contributed by atoms with van der Waals surface area (Å²) in [4.78, 5) is 15.2. The maximum atomic E-state index is 14.6. The van der Waals surface area contributed by atoms with Gasteiger partial charge in [-0.1, -0.05) is 19.9 Å². The zero-order valence-electron chi connectivity index (χ0n) is 16.0. The van der Waals surface area contributed by atoms with E-state index in [1.165, 1.54) is 31.6 Å². The molecule has 3 aromatic rings. The van der Waals surface area contributed by atoms with Gasteiger partial charge in [0.1, 0.15) is 11.3 Å². The molecule has 0 atom stereocenters. The van der Waals surface area contributed by atoms with E-state index in [9.17, 15) is 13.6 Å². The van der Waals surface area contributed by atoms with Crippen LogP contribution in [0, 0.1) is 18.6 Å². The Labute approximate surface area is 156 Å². The second-order valence-corrected chi connectivity index (χ2v) is 5.33. The molecule has 0 aliphatic rings. The van der Waals surface area contributed by atoms with Crippen molar-refractivity contribution in [1.82, 2.24) is 15.0 Å². The lowest BCUT2D eigenvalue weighted by Crippen LogP contribution is -2.02. The summed E-state index contributed by atoms with van der Waals surface area (Å²) in [5.74, 6) is -1.20. The Morgan fingerprint density at radius 1 is 1.22 bits per heavy atom. The summed E-state index contributed by atoms with van der Waals surface area (Å²) in [5.41, 5.74) is 3.25. The summed E-state index contributed by atoms with van der Waals surface area (Å²) >= 11 is 0. The molecule has 3 rings (SSSR count).